The van der Waals surface area contributed by atoms with Crippen LogP contribution in [0.5, 0.6) is 0 Å². The molecule has 2 heteroatoms. The van der Waals surface area contributed by atoms with Gasteiger partial charge in [-0.25, -0.2) is 0 Å². The van der Waals surface area contributed by atoms with Crippen molar-refractivity contribution in [3.63, 3.8) is 0 Å². The van der Waals surface area contributed by atoms with E-state index >= 15 is 0 Å². The van der Waals surface area contributed by atoms with Crippen molar-refractivity contribution in [2.75, 3.05) is 0 Å². The standard InChI is InChI=1S/C36H24OS/c1-4-14-25(15-5-1)28-20-10-11-21-29(28)35-30-22-12-13-23-31(30)36(38-35)34-32(26-16-6-2-7-17-26)24-33(37-34)27-18-8-3-9-19-27/h1-24H. The van der Waals surface area contributed by atoms with Crippen LogP contribution < -0.4 is 0 Å². The smallest absolute Gasteiger partial charge is 0.153 e. The number of furan rings is 1. The second kappa shape index (κ2) is 9.66. The molecule has 5 aromatic carbocycles. The van der Waals surface area contributed by atoms with Gasteiger partial charge in [-0.15, -0.1) is 11.3 Å². The van der Waals surface area contributed by atoms with Crippen LogP contribution in [0.2, 0.25) is 0 Å². The minimum Gasteiger partial charge on any atom is -0.455 e. The van der Waals surface area contributed by atoms with Crippen molar-refractivity contribution in [3.05, 3.63) is 146 Å². The van der Waals surface area contributed by atoms with E-state index < -0.39 is 0 Å². The molecule has 0 spiro atoms. The van der Waals surface area contributed by atoms with E-state index in [2.05, 4.69) is 140 Å². The lowest BCUT2D eigenvalue weighted by Gasteiger charge is -2.09. The first-order chi connectivity index (χ1) is 18.9. The van der Waals surface area contributed by atoms with Crippen molar-refractivity contribution >= 4 is 22.1 Å². The minimum atomic E-state index is 0.878. The summed E-state index contributed by atoms with van der Waals surface area (Å²) in [6.45, 7) is 0. The van der Waals surface area contributed by atoms with Gasteiger partial charge in [0, 0.05) is 32.3 Å². The molecule has 0 saturated heterocycles. The molecule has 0 aliphatic heterocycles. The highest BCUT2D eigenvalue weighted by Crippen LogP contribution is 2.50. The van der Waals surface area contributed by atoms with Crippen LogP contribution in [0.4, 0.5) is 0 Å². The molecule has 0 amide bonds. The van der Waals surface area contributed by atoms with Gasteiger partial charge in [-0.3, -0.25) is 0 Å². The number of hydrogen-bond acceptors (Lipinski definition) is 2. The lowest BCUT2D eigenvalue weighted by Crippen LogP contribution is -1.82. The summed E-state index contributed by atoms with van der Waals surface area (Å²) in [5.41, 5.74) is 7.03. The van der Waals surface area contributed by atoms with Gasteiger partial charge in [0.15, 0.2) is 5.76 Å². The van der Waals surface area contributed by atoms with Crippen molar-refractivity contribution < 1.29 is 4.42 Å². The van der Waals surface area contributed by atoms with E-state index in [1.54, 1.807) is 0 Å². The van der Waals surface area contributed by atoms with E-state index in [1.165, 1.54) is 32.3 Å². The topological polar surface area (TPSA) is 13.1 Å². The SMILES string of the molecule is c1ccc(-c2cc(-c3ccccc3)c(-c3sc(-c4ccccc4-c4ccccc4)c4ccccc34)o2)cc1. The van der Waals surface area contributed by atoms with Gasteiger partial charge in [-0.1, -0.05) is 140 Å². The Bertz CT molecular complexity index is 1840. The van der Waals surface area contributed by atoms with E-state index in [4.69, 9.17) is 4.42 Å². The molecule has 38 heavy (non-hydrogen) atoms. The molecule has 7 rings (SSSR count). The molecule has 0 saturated carbocycles. The Kier molecular flexibility index (Phi) is 5.73. The average Bonchev–Trinajstić information content (AvgIpc) is 3.61. The van der Waals surface area contributed by atoms with Crippen molar-refractivity contribution in [2.24, 2.45) is 0 Å². The third-order valence-corrected chi connectivity index (χ3v) is 8.21. The summed E-state index contributed by atoms with van der Waals surface area (Å²) >= 11 is 1.81. The summed E-state index contributed by atoms with van der Waals surface area (Å²) in [4.78, 5) is 2.41. The van der Waals surface area contributed by atoms with Gasteiger partial charge in [0.05, 0.1) is 4.88 Å². The van der Waals surface area contributed by atoms with Gasteiger partial charge in [0.2, 0.25) is 0 Å². The van der Waals surface area contributed by atoms with Crippen LogP contribution >= 0.6 is 11.3 Å². The number of thiophene rings is 1. The van der Waals surface area contributed by atoms with Crippen LogP contribution in [0, 0.1) is 0 Å². The molecule has 0 N–H and O–H groups in total. The maximum Gasteiger partial charge on any atom is 0.153 e. The number of benzene rings is 5. The molecule has 0 bridgehead atoms. The maximum absolute atomic E-state index is 6.72. The zero-order chi connectivity index (χ0) is 25.3. The summed E-state index contributed by atoms with van der Waals surface area (Å²) in [6.07, 6.45) is 0. The van der Waals surface area contributed by atoms with Crippen molar-refractivity contribution in [3.8, 4) is 54.7 Å². The fourth-order valence-electron chi connectivity index (χ4n) is 5.15. The summed E-state index contributed by atoms with van der Waals surface area (Å²) in [5, 5.41) is 2.45. The highest BCUT2D eigenvalue weighted by Gasteiger charge is 2.23. The molecule has 0 aliphatic rings. The monoisotopic (exact) mass is 504 g/mol. The fraction of sp³-hybridized carbons (Fsp3) is 0. The normalized spacial score (nSPS) is 11.2. The van der Waals surface area contributed by atoms with Crippen LogP contribution in [0.15, 0.2) is 150 Å². The largest absolute Gasteiger partial charge is 0.455 e. The van der Waals surface area contributed by atoms with E-state index in [1.807, 2.05) is 17.4 Å². The number of fused-ring (bicyclic) bond motifs is 1. The molecule has 2 aromatic heterocycles. The molecule has 1 nitrogen and oxygen atoms in total. The highest BCUT2D eigenvalue weighted by molar-refractivity contribution is 7.21. The van der Waals surface area contributed by atoms with Crippen molar-refractivity contribution in [1.29, 1.82) is 0 Å². The van der Waals surface area contributed by atoms with Gasteiger partial charge >= 0.3 is 0 Å². The Balaban J connectivity index is 1.49. The van der Waals surface area contributed by atoms with Gasteiger partial charge in [0.1, 0.15) is 5.76 Å². The summed E-state index contributed by atoms with van der Waals surface area (Å²) < 4.78 is 6.72. The summed E-state index contributed by atoms with van der Waals surface area (Å²) in [5.74, 6) is 1.79. The number of rotatable bonds is 5. The molecule has 0 atom stereocenters. The molecule has 7 aromatic rings. The number of hydrogen-bond donors (Lipinski definition) is 0. The van der Waals surface area contributed by atoms with Crippen LogP contribution in [0.3, 0.4) is 0 Å². The molecule has 2 heterocycles. The zero-order valence-electron chi connectivity index (χ0n) is 20.7. The Morgan fingerprint density at radius 1 is 0.395 bits per heavy atom. The molecular formula is C36H24OS. The third kappa shape index (κ3) is 3.96. The molecule has 0 fully saturated rings. The quantitative estimate of drug-likeness (QED) is 0.227. The second-order valence-electron chi connectivity index (χ2n) is 9.30. The second-order valence-corrected chi connectivity index (χ2v) is 10.3. The predicted octanol–water partition coefficient (Wildman–Crippen LogP) is 10.8. The van der Waals surface area contributed by atoms with E-state index in [9.17, 15) is 0 Å². The zero-order valence-corrected chi connectivity index (χ0v) is 21.5. The van der Waals surface area contributed by atoms with Gasteiger partial charge in [0.25, 0.3) is 0 Å². The first-order valence-corrected chi connectivity index (χ1v) is 13.6. The Labute approximate surface area is 226 Å². The fourth-order valence-corrected chi connectivity index (χ4v) is 6.46. The Morgan fingerprint density at radius 3 is 1.50 bits per heavy atom. The van der Waals surface area contributed by atoms with Gasteiger partial charge in [-0.2, -0.15) is 0 Å². The van der Waals surface area contributed by atoms with E-state index in [0.717, 1.165) is 33.1 Å². The Morgan fingerprint density at radius 2 is 0.868 bits per heavy atom. The summed E-state index contributed by atoms with van der Waals surface area (Å²) in [6, 6.07) is 51.1. The molecule has 180 valence electrons. The molecule has 0 radical (unpaired) electrons. The van der Waals surface area contributed by atoms with E-state index in [-0.39, 0.29) is 0 Å². The first-order valence-electron chi connectivity index (χ1n) is 12.8. The first kappa shape index (κ1) is 22.5. The van der Waals surface area contributed by atoms with E-state index in [0.29, 0.717) is 0 Å². The third-order valence-electron chi connectivity index (χ3n) is 6.96. The Hall–Kier alpha value is -4.66. The van der Waals surface area contributed by atoms with Crippen LogP contribution in [-0.4, -0.2) is 0 Å². The average molecular weight is 505 g/mol. The van der Waals surface area contributed by atoms with Crippen LogP contribution in [-0.2, 0) is 0 Å². The predicted molar refractivity (Wildman–Crippen MR) is 161 cm³/mol. The minimum absolute atomic E-state index is 0.878. The lowest BCUT2D eigenvalue weighted by molar-refractivity contribution is 0.600. The molecular weight excluding hydrogens is 480 g/mol. The van der Waals surface area contributed by atoms with Crippen LogP contribution in [0.1, 0.15) is 0 Å². The lowest BCUT2D eigenvalue weighted by atomic mass is 9.96. The van der Waals surface area contributed by atoms with Gasteiger partial charge < -0.3 is 4.42 Å². The van der Waals surface area contributed by atoms with Crippen molar-refractivity contribution in [1.82, 2.24) is 0 Å². The highest BCUT2D eigenvalue weighted by atomic mass is 32.1. The summed E-state index contributed by atoms with van der Waals surface area (Å²) in [7, 11) is 0. The van der Waals surface area contributed by atoms with Gasteiger partial charge in [-0.05, 0) is 22.8 Å². The van der Waals surface area contributed by atoms with Crippen molar-refractivity contribution in [2.45, 2.75) is 0 Å². The van der Waals surface area contributed by atoms with Crippen LogP contribution in [0.25, 0.3) is 65.4 Å². The molecule has 0 aliphatic carbocycles. The molecule has 0 unspecified atom stereocenters. The maximum atomic E-state index is 6.72.